The smallest absolute Gasteiger partial charge is 0.254 e. The molecule has 0 unspecified atom stereocenters. The minimum absolute atomic E-state index is 0.0867. The van der Waals surface area contributed by atoms with E-state index in [2.05, 4.69) is 10.6 Å². The van der Waals surface area contributed by atoms with Crippen molar-refractivity contribution in [3.8, 4) is 0 Å². The quantitative estimate of drug-likeness (QED) is 0.798. The molecule has 3 amide bonds. The number of piperazine rings is 1. The van der Waals surface area contributed by atoms with Gasteiger partial charge in [-0.05, 0) is 31.0 Å². The van der Waals surface area contributed by atoms with Crippen molar-refractivity contribution in [1.29, 1.82) is 0 Å². The van der Waals surface area contributed by atoms with Gasteiger partial charge in [-0.1, -0.05) is 25.1 Å². The van der Waals surface area contributed by atoms with Crippen molar-refractivity contribution in [1.82, 2.24) is 15.5 Å². The molecule has 24 heavy (non-hydrogen) atoms. The fourth-order valence-electron chi connectivity index (χ4n) is 2.48. The number of nitrogens with zero attached hydrogens (tertiary/aromatic N) is 1. The molecule has 0 saturated carbocycles. The lowest BCUT2D eigenvalue weighted by molar-refractivity contribution is -0.123. The molecule has 0 spiro atoms. The Morgan fingerprint density at radius 1 is 1.29 bits per heavy atom. The largest absolute Gasteiger partial charge is 0.353 e. The SMILES string of the molecule is CC/C=C(/C)C(=O)NCc1ccc(C(=O)N2CCNC(=O)C2)cc1. The highest BCUT2D eigenvalue weighted by atomic mass is 16.2. The van der Waals surface area contributed by atoms with Crippen molar-refractivity contribution in [3.63, 3.8) is 0 Å². The number of nitrogens with one attached hydrogen (secondary N) is 2. The third-order valence-electron chi connectivity index (χ3n) is 3.85. The summed E-state index contributed by atoms with van der Waals surface area (Å²) in [5, 5.41) is 5.54. The third-order valence-corrected chi connectivity index (χ3v) is 3.85. The van der Waals surface area contributed by atoms with Crippen molar-refractivity contribution in [2.24, 2.45) is 0 Å². The van der Waals surface area contributed by atoms with Gasteiger partial charge in [-0.15, -0.1) is 0 Å². The number of hydrogen-bond donors (Lipinski definition) is 2. The third kappa shape index (κ3) is 4.68. The van der Waals surface area contributed by atoms with Crippen molar-refractivity contribution in [2.75, 3.05) is 19.6 Å². The molecule has 1 fully saturated rings. The predicted octanol–water partition coefficient (Wildman–Crippen LogP) is 1.23. The van der Waals surface area contributed by atoms with Crippen molar-refractivity contribution < 1.29 is 14.4 Å². The number of benzene rings is 1. The molecule has 1 saturated heterocycles. The second-order valence-corrected chi connectivity index (χ2v) is 5.75. The van der Waals surface area contributed by atoms with E-state index in [-0.39, 0.29) is 24.3 Å². The van der Waals surface area contributed by atoms with Gasteiger partial charge in [-0.25, -0.2) is 0 Å². The van der Waals surface area contributed by atoms with Gasteiger partial charge in [0.15, 0.2) is 0 Å². The van der Waals surface area contributed by atoms with E-state index in [0.29, 0.717) is 30.8 Å². The van der Waals surface area contributed by atoms with Crippen LogP contribution in [0.3, 0.4) is 0 Å². The minimum Gasteiger partial charge on any atom is -0.353 e. The van der Waals surface area contributed by atoms with Crippen LogP contribution in [0, 0.1) is 0 Å². The Labute approximate surface area is 141 Å². The summed E-state index contributed by atoms with van der Waals surface area (Å²) < 4.78 is 0. The number of rotatable bonds is 5. The van der Waals surface area contributed by atoms with E-state index in [1.165, 1.54) is 4.90 Å². The summed E-state index contributed by atoms with van der Waals surface area (Å²) in [7, 11) is 0. The Balaban J connectivity index is 1.93. The highest BCUT2D eigenvalue weighted by Gasteiger charge is 2.22. The Morgan fingerprint density at radius 3 is 2.62 bits per heavy atom. The Hall–Kier alpha value is -2.63. The fourth-order valence-corrected chi connectivity index (χ4v) is 2.48. The molecular formula is C18H23N3O3. The van der Waals surface area contributed by atoms with Crippen LogP contribution in [0.2, 0.25) is 0 Å². The first-order valence-electron chi connectivity index (χ1n) is 8.11. The molecule has 2 N–H and O–H groups in total. The van der Waals surface area contributed by atoms with Gasteiger partial charge in [0.25, 0.3) is 5.91 Å². The first-order chi connectivity index (χ1) is 11.5. The molecule has 6 nitrogen and oxygen atoms in total. The molecule has 0 atom stereocenters. The predicted molar refractivity (Wildman–Crippen MR) is 91.2 cm³/mol. The molecule has 0 radical (unpaired) electrons. The van der Waals surface area contributed by atoms with Gasteiger partial charge >= 0.3 is 0 Å². The average Bonchev–Trinajstić information content (AvgIpc) is 2.59. The fraction of sp³-hybridized carbons (Fsp3) is 0.389. The molecule has 2 rings (SSSR count). The van der Waals surface area contributed by atoms with E-state index < -0.39 is 0 Å². The Bertz CT molecular complexity index is 650. The van der Waals surface area contributed by atoms with E-state index >= 15 is 0 Å². The lowest BCUT2D eigenvalue weighted by Gasteiger charge is -2.26. The van der Waals surface area contributed by atoms with Crippen LogP contribution in [0.1, 0.15) is 36.2 Å². The standard InChI is InChI=1S/C18H23N3O3/c1-3-4-13(2)17(23)20-11-14-5-7-15(8-6-14)18(24)21-10-9-19-16(22)12-21/h4-8H,3,9-12H2,1-2H3,(H,19,22)(H,20,23)/b13-4-. The number of carbonyl (C=O) groups excluding carboxylic acids is 3. The van der Waals surface area contributed by atoms with Crippen LogP contribution >= 0.6 is 0 Å². The summed E-state index contributed by atoms with van der Waals surface area (Å²) in [6.07, 6.45) is 2.70. The van der Waals surface area contributed by atoms with Crippen molar-refractivity contribution in [2.45, 2.75) is 26.8 Å². The molecule has 6 heteroatoms. The molecular weight excluding hydrogens is 306 g/mol. The maximum absolute atomic E-state index is 12.4. The van der Waals surface area contributed by atoms with Crippen LogP contribution in [0.15, 0.2) is 35.9 Å². The van der Waals surface area contributed by atoms with Gasteiger partial charge in [-0.2, -0.15) is 0 Å². The zero-order valence-corrected chi connectivity index (χ0v) is 14.1. The van der Waals surface area contributed by atoms with E-state index in [1.54, 1.807) is 19.1 Å². The molecule has 1 aromatic carbocycles. The van der Waals surface area contributed by atoms with Gasteiger partial charge in [0.1, 0.15) is 0 Å². The monoisotopic (exact) mass is 329 g/mol. The van der Waals surface area contributed by atoms with Crippen LogP contribution in [0.25, 0.3) is 0 Å². The normalized spacial score (nSPS) is 15.0. The summed E-state index contributed by atoms with van der Waals surface area (Å²) in [5.74, 6) is -0.372. The lowest BCUT2D eigenvalue weighted by Crippen LogP contribution is -2.49. The topological polar surface area (TPSA) is 78.5 Å². The van der Waals surface area contributed by atoms with Crippen molar-refractivity contribution in [3.05, 3.63) is 47.0 Å². The van der Waals surface area contributed by atoms with Gasteiger partial charge in [0, 0.05) is 30.8 Å². The van der Waals surface area contributed by atoms with Gasteiger partial charge in [-0.3, -0.25) is 14.4 Å². The van der Waals surface area contributed by atoms with E-state index in [4.69, 9.17) is 0 Å². The maximum Gasteiger partial charge on any atom is 0.254 e. The van der Waals surface area contributed by atoms with Gasteiger partial charge in [0.05, 0.1) is 6.54 Å². The zero-order chi connectivity index (χ0) is 17.5. The second-order valence-electron chi connectivity index (χ2n) is 5.75. The second kappa shape index (κ2) is 8.29. The number of carbonyl (C=O) groups is 3. The summed E-state index contributed by atoms with van der Waals surface area (Å²) in [5.41, 5.74) is 2.16. The Morgan fingerprint density at radius 2 is 2.00 bits per heavy atom. The average molecular weight is 329 g/mol. The van der Waals surface area contributed by atoms with Crippen LogP contribution in [0.5, 0.6) is 0 Å². The molecule has 0 aromatic heterocycles. The number of hydrogen-bond acceptors (Lipinski definition) is 3. The lowest BCUT2D eigenvalue weighted by atomic mass is 10.1. The van der Waals surface area contributed by atoms with Gasteiger partial charge in [0.2, 0.25) is 11.8 Å². The van der Waals surface area contributed by atoms with Crippen LogP contribution in [-0.2, 0) is 16.1 Å². The molecule has 1 aromatic rings. The van der Waals surface area contributed by atoms with Crippen LogP contribution in [-0.4, -0.2) is 42.3 Å². The molecule has 0 bridgehead atoms. The molecule has 0 aliphatic carbocycles. The summed E-state index contributed by atoms with van der Waals surface area (Å²) in [4.78, 5) is 37.1. The first-order valence-corrected chi connectivity index (χ1v) is 8.11. The molecule has 1 heterocycles. The van der Waals surface area contributed by atoms with E-state index in [1.807, 2.05) is 25.1 Å². The van der Waals surface area contributed by atoms with Crippen LogP contribution in [0.4, 0.5) is 0 Å². The van der Waals surface area contributed by atoms with Gasteiger partial charge < -0.3 is 15.5 Å². The summed E-state index contributed by atoms with van der Waals surface area (Å²) in [6, 6.07) is 7.09. The minimum atomic E-state index is -0.151. The Kier molecular flexibility index (Phi) is 6.12. The molecule has 1 aliphatic rings. The van der Waals surface area contributed by atoms with E-state index in [0.717, 1.165) is 12.0 Å². The highest BCUT2D eigenvalue weighted by Crippen LogP contribution is 2.09. The molecule has 128 valence electrons. The summed E-state index contributed by atoms with van der Waals surface area (Å²) >= 11 is 0. The first kappa shape index (κ1) is 17.7. The zero-order valence-electron chi connectivity index (χ0n) is 14.1. The van der Waals surface area contributed by atoms with Crippen molar-refractivity contribution >= 4 is 17.7 Å². The summed E-state index contributed by atoms with van der Waals surface area (Å²) in [6.45, 7) is 5.28. The number of amides is 3. The van der Waals surface area contributed by atoms with E-state index in [9.17, 15) is 14.4 Å². The van der Waals surface area contributed by atoms with Crippen LogP contribution < -0.4 is 10.6 Å². The highest BCUT2D eigenvalue weighted by molar-refractivity contribution is 5.97. The molecule has 1 aliphatic heterocycles. The number of allylic oxidation sites excluding steroid dienone is 1. The maximum atomic E-state index is 12.4.